The van der Waals surface area contributed by atoms with Gasteiger partial charge < -0.3 is 4.57 Å². The third-order valence-corrected chi connectivity index (χ3v) is 5.66. The summed E-state index contributed by atoms with van der Waals surface area (Å²) >= 11 is 0. The third-order valence-electron chi connectivity index (χ3n) is 5.66. The summed E-state index contributed by atoms with van der Waals surface area (Å²) in [5.41, 5.74) is 8.95. The molecular formula is C27H26N4. The highest BCUT2D eigenvalue weighted by molar-refractivity contribution is 5.82. The summed E-state index contributed by atoms with van der Waals surface area (Å²) in [4.78, 5) is 5.09. The van der Waals surface area contributed by atoms with Crippen molar-refractivity contribution in [1.82, 2.24) is 19.2 Å². The van der Waals surface area contributed by atoms with Crippen LogP contribution in [-0.4, -0.2) is 19.2 Å². The minimum atomic E-state index is 0.894. The van der Waals surface area contributed by atoms with Crippen LogP contribution in [0.1, 0.15) is 30.2 Å². The van der Waals surface area contributed by atoms with Gasteiger partial charge in [0, 0.05) is 29.6 Å². The van der Waals surface area contributed by atoms with E-state index in [0.717, 1.165) is 52.4 Å². The summed E-state index contributed by atoms with van der Waals surface area (Å²) in [6, 6.07) is 23.4. The zero-order valence-corrected chi connectivity index (χ0v) is 18.2. The van der Waals surface area contributed by atoms with Crippen molar-refractivity contribution < 1.29 is 0 Å². The Morgan fingerprint density at radius 1 is 0.806 bits per heavy atom. The van der Waals surface area contributed by atoms with Crippen LogP contribution in [0.3, 0.4) is 0 Å². The number of rotatable bonds is 5. The first-order chi connectivity index (χ1) is 15.1. The molecule has 0 unspecified atom stereocenters. The van der Waals surface area contributed by atoms with Gasteiger partial charge in [0.2, 0.25) is 0 Å². The fraction of sp³-hybridized carbons (Fsp3) is 0.185. The monoisotopic (exact) mass is 406 g/mol. The molecular weight excluding hydrogens is 380 g/mol. The van der Waals surface area contributed by atoms with Gasteiger partial charge in [0.15, 0.2) is 5.65 Å². The number of hydrogen-bond acceptors (Lipinski definition) is 2. The lowest BCUT2D eigenvalue weighted by atomic mass is 10.0. The molecule has 0 fully saturated rings. The molecule has 154 valence electrons. The van der Waals surface area contributed by atoms with E-state index in [1.54, 1.807) is 0 Å². The lowest BCUT2D eigenvalue weighted by Gasteiger charge is -2.11. The van der Waals surface area contributed by atoms with E-state index in [0.29, 0.717) is 0 Å². The van der Waals surface area contributed by atoms with Gasteiger partial charge >= 0.3 is 0 Å². The maximum absolute atomic E-state index is 5.09. The molecule has 0 radical (unpaired) electrons. The summed E-state index contributed by atoms with van der Waals surface area (Å²) < 4.78 is 4.09. The van der Waals surface area contributed by atoms with Crippen molar-refractivity contribution in [2.45, 2.75) is 33.6 Å². The first-order valence-corrected chi connectivity index (χ1v) is 10.8. The van der Waals surface area contributed by atoms with Crippen molar-refractivity contribution in [3.05, 3.63) is 95.9 Å². The summed E-state index contributed by atoms with van der Waals surface area (Å²) in [5, 5.41) is 5.07. The molecule has 0 saturated heterocycles. The fourth-order valence-corrected chi connectivity index (χ4v) is 4.11. The molecule has 4 nitrogen and oxygen atoms in total. The van der Waals surface area contributed by atoms with Crippen LogP contribution in [0, 0.1) is 13.8 Å². The van der Waals surface area contributed by atoms with Gasteiger partial charge in [0.1, 0.15) is 5.82 Å². The second kappa shape index (κ2) is 7.88. The number of fused-ring (bicyclic) bond motifs is 1. The topological polar surface area (TPSA) is 35.1 Å². The third kappa shape index (κ3) is 3.55. The quantitative estimate of drug-likeness (QED) is 0.337. The van der Waals surface area contributed by atoms with Crippen molar-refractivity contribution in [3.8, 4) is 28.2 Å². The Balaban J connectivity index is 1.86. The summed E-state index contributed by atoms with van der Waals surface area (Å²) in [6.07, 6.45) is 6.02. The lowest BCUT2D eigenvalue weighted by molar-refractivity contribution is 0.834. The number of nitrogens with zero attached hydrogens (tertiary/aromatic N) is 4. The van der Waals surface area contributed by atoms with Crippen LogP contribution < -0.4 is 0 Å². The summed E-state index contributed by atoms with van der Waals surface area (Å²) in [5.74, 6) is 0.894. The van der Waals surface area contributed by atoms with E-state index in [2.05, 4.69) is 79.9 Å². The SMILES string of the molecule is CCCc1nn2c(-c3cccc(C)c3)cc(-n3cccc3)nc2c1-c1ccc(C)cc1. The van der Waals surface area contributed by atoms with E-state index in [-0.39, 0.29) is 0 Å². The van der Waals surface area contributed by atoms with Crippen LogP contribution >= 0.6 is 0 Å². The van der Waals surface area contributed by atoms with Crippen LogP contribution in [0.4, 0.5) is 0 Å². The largest absolute Gasteiger partial charge is 0.309 e. The van der Waals surface area contributed by atoms with Crippen LogP contribution in [0.15, 0.2) is 79.1 Å². The molecule has 0 aliphatic carbocycles. The van der Waals surface area contributed by atoms with Crippen molar-refractivity contribution in [1.29, 1.82) is 0 Å². The number of aryl methyl sites for hydroxylation is 3. The highest BCUT2D eigenvalue weighted by atomic mass is 15.3. The molecule has 0 atom stereocenters. The fourth-order valence-electron chi connectivity index (χ4n) is 4.11. The number of benzene rings is 2. The maximum atomic E-state index is 5.09. The van der Waals surface area contributed by atoms with Crippen LogP contribution in [0.2, 0.25) is 0 Å². The second-order valence-electron chi connectivity index (χ2n) is 8.13. The molecule has 0 spiro atoms. The molecule has 0 bridgehead atoms. The normalized spacial score (nSPS) is 11.3. The minimum Gasteiger partial charge on any atom is -0.309 e. The second-order valence-corrected chi connectivity index (χ2v) is 8.13. The van der Waals surface area contributed by atoms with Gasteiger partial charge in [-0.3, -0.25) is 0 Å². The van der Waals surface area contributed by atoms with Crippen LogP contribution in [0.25, 0.3) is 33.8 Å². The Morgan fingerprint density at radius 2 is 1.58 bits per heavy atom. The Bertz CT molecular complexity index is 1340. The first kappa shape index (κ1) is 19.3. The molecule has 0 saturated carbocycles. The van der Waals surface area contributed by atoms with Gasteiger partial charge in [-0.05, 0) is 44.0 Å². The Hall–Kier alpha value is -3.66. The average Bonchev–Trinajstić information content (AvgIpc) is 3.42. The highest BCUT2D eigenvalue weighted by Crippen LogP contribution is 2.33. The zero-order chi connectivity index (χ0) is 21.4. The maximum Gasteiger partial charge on any atom is 0.166 e. The molecule has 0 N–H and O–H groups in total. The lowest BCUT2D eigenvalue weighted by Crippen LogP contribution is -2.02. The molecule has 31 heavy (non-hydrogen) atoms. The summed E-state index contributed by atoms with van der Waals surface area (Å²) in [6.45, 7) is 6.44. The average molecular weight is 407 g/mol. The van der Waals surface area contributed by atoms with Gasteiger partial charge in [0.25, 0.3) is 0 Å². The predicted octanol–water partition coefficient (Wildman–Crippen LogP) is 6.42. The first-order valence-electron chi connectivity index (χ1n) is 10.8. The smallest absolute Gasteiger partial charge is 0.166 e. The van der Waals surface area contributed by atoms with Gasteiger partial charge in [-0.1, -0.05) is 66.9 Å². The van der Waals surface area contributed by atoms with Crippen molar-refractivity contribution in [2.24, 2.45) is 0 Å². The van der Waals surface area contributed by atoms with Crippen LogP contribution in [0.5, 0.6) is 0 Å². The standard InChI is InChI=1S/C27H26N4/c1-4-8-23-26(21-13-11-19(2)12-14-21)27-28-25(30-15-5-6-16-30)18-24(31(27)29-23)22-10-7-9-20(3)17-22/h5-7,9-18H,4,8H2,1-3H3. The molecule has 0 amide bonds. The summed E-state index contributed by atoms with van der Waals surface area (Å²) in [7, 11) is 0. The van der Waals surface area contributed by atoms with Crippen molar-refractivity contribution in [3.63, 3.8) is 0 Å². The molecule has 5 aromatic rings. The number of aromatic nitrogens is 4. The zero-order valence-electron chi connectivity index (χ0n) is 18.2. The molecule has 0 aliphatic rings. The Morgan fingerprint density at radius 3 is 2.29 bits per heavy atom. The molecule has 3 aromatic heterocycles. The van der Waals surface area contributed by atoms with Gasteiger partial charge in [-0.25, -0.2) is 9.50 Å². The van der Waals surface area contributed by atoms with E-state index in [1.807, 2.05) is 29.0 Å². The predicted molar refractivity (Wildman–Crippen MR) is 127 cm³/mol. The van der Waals surface area contributed by atoms with Crippen LogP contribution in [-0.2, 0) is 6.42 Å². The number of hydrogen-bond donors (Lipinski definition) is 0. The molecule has 5 rings (SSSR count). The van der Waals surface area contributed by atoms with Crippen molar-refractivity contribution in [2.75, 3.05) is 0 Å². The van der Waals surface area contributed by atoms with E-state index >= 15 is 0 Å². The van der Waals surface area contributed by atoms with Crippen molar-refractivity contribution >= 4 is 5.65 Å². The molecule has 2 aromatic carbocycles. The van der Waals surface area contributed by atoms with E-state index in [1.165, 1.54) is 11.1 Å². The highest BCUT2D eigenvalue weighted by Gasteiger charge is 2.20. The molecule has 0 aliphatic heterocycles. The molecule has 3 heterocycles. The Labute approximate surface area is 182 Å². The molecule has 4 heteroatoms. The minimum absolute atomic E-state index is 0.894. The van der Waals surface area contributed by atoms with Gasteiger partial charge in [0.05, 0.1) is 11.4 Å². The Kier molecular flexibility index (Phi) is 4.91. The van der Waals surface area contributed by atoms with Gasteiger partial charge in [-0.2, -0.15) is 5.10 Å². The van der Waals surface area contributed by atoms with E-state index < -0.39 is 0 Å². The van der Waals surface area contributed by atoms with Gasteiger partial charge in [-0.15, -0.1) is 0 Å². The van der Waals surface area contributed by atoms with E-state index in [4.69, 9.17) is 10.1 Å². The van der Waals surface area contributed by atoms with E-state index in [9.17, 15) is 0 Å².